The topological polar surface area (TPSA) is 317 Å². The maximum absolute atomic E-state index is 13.5. The van der Waals surface area contributed by atoms with Crippen molar-refractivity contribution in [2.45, 2.75) is 146 Å². The fourth-order valence-corrected chi connectivity index (χ4v) is 7.83. The van der Waals surface area contributed by atoms with Crippen molar-refractivity contribution in [2.24, 2.45) is 34.4 Å². The van der Waals surface area contributed by atoms with E-state index in [1.54, 1.807) is 0 Å². The highest BCUT2D eigenvalue weighted by atomic mass is 35.5. The van der Waals surface area contributed by atoms with Gasteiger partial charge in [-0.2, -0.15) is 0 Å². The van der Waals surface area contributed by atoms with Crippen LogP contribution in [-0.4, -0.2) is 157 Å². The van der Waals surface area contributed by atoms with E-state index in [0.717, 1.165) is 81.4 Å². The van der Waals surface area contributed by atoms with Crippen LogP contribution < -0.4 is 71.2 Å². The summed E-state index contributed by atoms with van der Waals surface area (Å²) in [6.45, 7) is 7.02. The van der Waals surface area contributed by atoms with E-state index in [2.05, 4.69) is 75.2 Å². The third kappa shape index (κ3) is 29.4. The molecule has 0 aliphatic rings. The Kier molecular flexibility index (Phi) is 35.0. The summed E-state index contributed by atoms with van der Waals surface area (Å²) in [6.07, 6.45) is 10.5. The van der Waals surface area contributed by atoms with Gasteiger partial charge in [0.1, 0.15) is 12.1 Å². The van der Waals surface area contributed by atoms with Crippen LogP contribution in [0.5, 0.6) is 0 Å². The molecule has 0 fully saturated rings. The first kappa shape index (κ1) is 62.4. The molecule has 1 rings (SSSR count). The minimum atomic E-state index is -0.834. The normalized spacial score (nSPS) is 13.7. The summed E-state index contributed by atoms with van der Waals surface area (Å²) < 4.78 is 0.804. The standard InChI is InChI=1S/C48H93ClN14O5/c1-62(33-25-49)38-23-21-37(22-24-38)36-56-29-14-34-63(2,3)35-15-32-59-48(68)43(61-46(66)41(55)18-6-11-28-52)20-8-13-31-58-47(67)42(60-45(65)40(54)17-5-10-27-51)19-7-12-30-57-44(64)39(53)16-4-9-26-50/h21-24,39-43,56H,4-20,25-36,50-55H2,1-3H3,(H4-,57,58,59,60,61,64,65,66,67,68)/p+1. The first-order valence-corrected chi connectivity index (χ1v) is 25.8. The van der Waals surface area contributed by atoms with Crippen molar-refractivity contribution in [3.05, 3.63) is 29.8 Å². The third-order valence-electron chi connectivity index (χ3n) is 12.1. The second-order valence-electron chi connectivity index (χ2n) is 18.7. The van der Waals surface area contributed by atoms with Crippen LogP contribution in [0.4, 0.5) is 5.69 Å². The second kappa shape index (κ2) is 38.1. The van der Waals surface area contributed by atoms with Gasteiger partial charge in [0.2, 0.25) is 29.5 Å². The molecule has 20 heteroatoms. The lowest BCUT2D eigenvalue weighted by molar-refractivity contribution is -0.890. The second-order valence-corrected chi connectivity index (χ2v) is 19.1. The molecule has 19 nitrogen and oxygen atoms in total. The number of anilines is 1. The smallest absolute Gasteiger partial charge is 0.242 e. The van der Waals surface area contributed by atoms with Crippen LogP contribution >= 0.6 is 11.6 Å². The number of quaternary nitrogens is 1. The molecule has 1 aromatic rings. The van der Waals surface area contributed by atoms with Crippen LogP contribution in [0.1, 0.15) is 115 Å². The number of nitrogens with two attached hydrogens (primary N) is 6. The molecule has 68 heavy (non-hydrogen) atoms. The number of amides is 5. The Morgan fingerprint density at radius 2 is 0.941 bits per heavy atom. The minimum absolute atomic E-state index is 0.228. The van der Waals surface area contributed by atoms with Crippen LogP contribution in [-0.2, 0) is 30.5 Å². The Hall–Kier alpha value is -3.66. The zero-order chi connectivity index (χ0) is 50.6. The summed E-state index contributed by atoms with van der Waals surface area (Å²) in [5.41, 5.74) is 37.5. The van der Waals surface area contributed by atoms with E-state index < -0.39 is 42.0 Å². The number of benzene rings is 1. The van der Waals surface area contributed by atoms with Crippen LogP contribution in [0.25, 0.3) is 0 Å². The highest BCUT2D eigenvalue weighted by Crippen LogP contribution is 2.14. The molecule has 392 valence electrons. The molecule has 0 heterocycles. The number of carbonyl (C=O) groups excluding carboxylic acids is 5. The Labute approximate surface area is 413 Å². The molecule has 0 aliphatic heterocycles. The quantitative estimate of drug-likeness (QED) is 0.0239. The molecule has 18 N–H and O–H groups in total. The zero-order valence-electron chi connectivity index (χ0n) is 42.0. The maximum atomic E-state index is 13.5. The molecule has 1 aromatic carbocycles. The Balaban J connectivity index is 2.72. The number of halogens is 1. The molecule has 0 bridgehead atoms. The number of alkyl halides is 1. The number of hydrogen-bond donors (Lipinski definition) is 12. The number of hydrogen-bond acceptors (Lipinski definition) is 13. The average Bonchev–Trinajstić information content (AvgIpc) is 3.31. The van der Waals surface area contributed by atoms with Gasteiger partial charge in [-0.3, -0.25) is 24.0 Å². The summed E-state index contributed by atoms with van der Waals surface area (Å²) >= 11 is 5.88. The molecule has 0 saturated heterocycles. The van der Waals surface area contributed by atoms with Crippen molar-refractivity contribution in [3.63, 3.8) is 0 Å². The minimum Gasteiger partial charge on any atom is -0.373 e. The van der Waals surface area contributed by atoms with Gasteiger partial charge in [0, 0.05) is 70.7 Å². The van der Waals surface area contributed by atoms with Gasteiger partial charge in [0.25, 0.3) is 0 Å². The van der Waals surface area contributed by atoms with Gasteiger partial charge in [-0.1, -0.05) is 31.4 Å². The molecule has 5 unspecified atom stereocenters. The maximum Gasteiger partial charge on any atom is 0.242 e. The van der Waals surface area contributed by atoms with Gasteiger partial charge in [-0.15, -0.1) is 11.6 Å². The van der Waals surface area contributed by atoms with Gasteiger partial charge >= 0.3 is 0 Å². The summed E-state index contributed by atoms with van der Waals surface area (Å²) in [5, 5.41) is 18.0. The number of nitrogens with one attached hydrogen (secondary N) is 6. The number of nitrogens with zero attached hydrogens (tertiary/aromatic N) is 2. The van der Waals surface area contributed by atoms with Crippen LogP contribution in [0.15, 0.2) is 24.3 Å². The fraction of sp³-hybridized carbons (Fsp3) is 0.771. The molecule has 5 amide bonds. The van der Waals surface area contributed by atoms with Crippen molar-refractivity contribution in [3.8, 4) is 0 Å². The monoisotopic (exact) mass is 982 g/mol. The van der Waals surface area contributed by atoms with Crippen LogP contribution in [0.2, 0.25) is 0 Å². The van der Waals surface area contributed by atoms with Crippen molar-refractivity contribution >= 4 is 46.8 Å². The number of rotatable bonds is 42. The van der Waals surface area contributed by atoms with Crippen molar-refractivity contribution in [1.82, 2.24) is 31.9 Å². The Morgan fingerprint density at radius 1 is 0.544 bits per heavy atom. The predicted octanol–water partition coefficient (Wildman–Crippen LogP) is 0.335. The summed E-state index contributed by atoms with van der Waals surface area (Å²) in [4.78, 5) is 67.6. The Morgan fingerprint density at radius 3 is 1.38 bits per heavy atom. The molecule has 0 aliphatic carbocycles. The zero-order valence-corrected chi connectivity index (χ0v) is 42.7. The highest BCUT2D eigenvalue weighted by molar-refractivity contribution is 6.18. The van der Waals surface area contributed by atoms with Gasteiger partial charge in [-0.05, 0) is 114 Å². The lowest BCUT2D eigenvalue weighted by atomic mass is 10.0. The van der Waals surface area contributed by atoms with Crippen molar-refractivity contribution in [1.29, 1.82) is 0 Å². The van der Waals surface area contributed by atoms with Gasteiger partial charge in [0.05, 0.1) is 45.3 Å². The average molecular weight is 983 g/mol. The van der Waals surface area contributed by atoms with Gasteiger partial charge in [0.15, 0.2) is 0 Å². The van der Waals surface area contributed by atoms with E-state index in [1.165, 1.54) is 5.56 Å². The molecule has 0 spiro atoms. The molecule has 0 saturated carbocycles. The van der Waals surface area contributed by atoms with Crippen LogP contribution in [0.3, 0.4) is 0 Å². The van der Waals surface area contributed by atoms with Crippen molar-refractivity contribution in [2.75, 3.05) is 97.4 Å². The Bertz CT molecular complexity index is 1530. The fourth-order valence-electron chi connectivity index (χ4n) is 7.58. The van der Waals surface area contributed by atoms with Gasteiger partial charge in [-0.25, -0.2) is 0 Å². The van der Waals surface area contributed by atoms with E-state index in [-0.39, 0.29) is 24.3 Å². The number of carbonyl (C=O) groups is 5. The van der Waals surface area contributed by atoms with Crippen molar-refractivity contribution < 1.29 is 28.5 Å². The highest BCUT2D eigenvalue weighted by Gasteiger charge is 2.26. The van der Waals surface area contributed by atoms with E-state index in [1.807, 2.05) is 7.05 Å². The third-order valence-corrected chi connectivity index (χ3v) is 12.3. The largest absolute Gasteiger partial charge is 0.373 e. The molecule has 0 radical (unpaired) electrons. The predicted molar refractivity (Wildman–Crippen MR) is 276 cm³/mol. The molecule has 5 atom stereocenters. The van der Waals surface area contributed by atoms with E-state index >= 15 is 0 Å². The summed E-state index contributed by atoms with van der Waals surface area (Å²) in [7, 11) is 6.41. The van der Waals surface area contributed by atoms with E-state index in [4.69, 9.17) is 46.0 Å². The summed E-state index contributed by atoms with van der Waals surface area (Å²) in [5.74, 6) is -1.08. The number of unbranched alkanes of at least 4 members (excludes halogenated alkanes) is 5. The first-order chi connectivity index (χ1) is 32.6. The summed E-state index contributed by atoms with van der Waals surface area (Å²) in [6, 6.07) is 4.73. The first-order valence-electron chi connectivity index (χ1n) is 25.3. The molecule has 0 aromatic heterocycles. The van der Waals surface area contributed by atoms with E-state index in [0.29, 0.717) is 109 Å². The molecular weight excluding hydrogens is 888 g/mol. The molecular formula is C48H94ClN14O5+. The lowest BCUT2D eigenvalue weighted by Gasteiger charge is -2.30. The van der Waals surface area contributed by atoms with Gasteiger partial charge < -0.3 is 75.7 Å². The van der Waals surface area contributed by atoms with E-state index in [9.17, 15) is 24.0 Å². The van der Waals surface area contributed by atoms with Crippen LogP contribution in [0, 0.1) is 0 Å². The SMILES string of the molecule is CN(CCCl)c1ccc(CNCCC[N+](C)(C)CCCNC(=O)C(CCCCNC(=O)C(CCCCNC(=O)C(N)CCCCN)NC(=O)C(N)CCCCN)NC(=O)C(N)CCCCN)cc1. The lowest BCUT2D eigenvalue weighted by Crippen LogP contribution is -2.52.